The molecule has 0 aliphatic heterocycles. The van der Waals surface area contributed by atoms with Crippen molar-refractivity contribution < 1.29 is 4.79 Å². The Balaban J connectivity index is 0. The van der Waals surface area contributed by atoms with Crippen LogP contribution in [-0.4, -0.2) is 5.94 Å². The van der Waals surface area contributed by atoms with Gasteiger partial charge < -0.3 is 0 Å². The summed E-state index contributed by atoms with van der Waals surface area (Å²) in [6, 6.07) is 6.85. The molecule has 0 spiro atoms. The molecule has 0 bridgehead atoms. The summed E-state index contributed by atoms with van der Waals surface area (Å²) in [7, 11) is 0. The van der Waals surface area contributed by atoms with Crippen LogP contribution >= 0.6 is 0 Å². The first-order valence-corrected chi connectivity index (χ1v) is 8.46. The van der Waals surface area contributed by atoms with E-state index in [0.717, 1.165) is 5.92 Å². The van der Waals surface area contributed by atoms with Gasteiger partial charge in [-0.25, -0.2) is 4.79 Å². The Labute approximate surface area is 138 Å². The highest BCUT2D eigenvalue weighted by Gasteiger charge is 2.13. The Hall–Kier alpha value is -1.59. The average molecular weight is 303 g/mol. The number of hydrogen-bond acceptors (Lipinski definition) is 1. The summed E-state index contributed by atoms with van der Waals surface area (Å²) in [5, 5.41) is 0. The Bertz CT molecular complexity index is 437. The first-order chi connectivity index (χ1) is 10.6. The Morgan fingerprint density at radius 2 is 1.73 bits per heavy atom. The van der Waals surface area contributed by atoms with Crippen LogP contribution in [0.3, 0.4) is 0 Å². The van der Waals surface area contributed by atoms with Crippen LogP contribution in [0.4, 0.5) is 0 Å². The quantitative estimate of drug-likeness (QED) is 0.423. The van der Waals surface area contributed by atoms with E-state index in [1.54, 1.807) is 5.56 Å². The SMILES string of the molecule is C=C=O.CC.CCC.Cc1ccc(C2CC=CCC2)c(C)c1. The zero-order valence-corrected chi connectivity index (χ0v) is 15.4. The molecule has 0 N–H and O–H groups in total. The molecule has 1 unspecified atom stereocenters. The first-order valence-electron chi connectivity index (χ1n) is 8.46. The van der Waals surface area contributed by atoms with Crippen molar-refractivity contribution in [2.45, 2.75) is 73.1 Å². The summed E-state index contributed by atoms with van der Waals surface area (Å²) in [5.74, 6) is 2.01. The lowest BCUT2D eigenvalue weighted by Gasteiger charge is -2.20. The van der Waals surface area contributed by atoms with E-state index in [4.69, 9.17) is 4.79 Å². The largest absolute Gasteiger partial charge is 0.234 e. The number of benzene rings is 1. The zero-order valence-electron chi connectivity index (χ0n) is 15.4. The molecule has 22 heavy (non-hydrogen) atoms. The van der Waals surface area contributed by atoms with Crippen LogP contribution in [0.1, 0.15) is 76.0 Å². The van der Waals surface area contributed by atoms with E-state index < -0.39 is 0 Å². The summed E-state index contributed by atoms with van der Waals surface area (Å²) < 4.78 is 0. The maximum atomic E-state index is 8.57. The van der Waals surface area contributed by atoms with Gasteiger partial charge in [-0.3, -0.25) is 0 Å². The van der Waals surface area contributed by atoms with E-state index in [1.807, 2.05) is 13.8 Å². The van der Waals surface area contributed by atoms with E-state index in [9.17, 15) is 0 Å². The highest BCUT2D eigenvalue weighted by Crippen LogP contribution is 2.31. The Morgan fingerprint density at radius 3 is 2.14 bits per heavy atom. The van der Waals surface area contributed by atoms with Crippen LogP contribution in [0.25, 0.3) is 0 Å². The molecule has 0 saturated heterocycles. The monoisotopic (exact) mass is 302 g/mol. The number of rotatable bonds is 1. The maximum Gasteiger partial charge on any atom is 0.116 e. The van der Waals surface area contributed by atoms with Gasteiger partial charge in [0.25, 0.3) is 0 Å². The first kappa shape index (κ1) is 22.7. The van der Waals surface area contributed by atoms with Gasteiger partial charge in [-0.15, -0.1) is 0 Å². The van der Waals surface area contributed by atoms with Gasteiger partial charge in [0.2, 0.25) is 0 Å². The smallest absolute Gasteiger partial charge is 0.116 e. The number of carbonyl (C=O) groups excluding carboxylic acids is 1. The summed E-state index contributed by atoms with van der Waals surface area (Å²) in [6.45, 7) is 15.3. The summed E-state index contributed by atoms with van der Waals surface area (Å²) in [6.07, 6.45) is 9.68. The van der Waals surface area contributed by atoms with Crippen LogP contribution in [0.2, 0.25) is 0 Å². The molecular formula is C21H34O. The second-order valence-corrected chi connectivity index (χ2v) is 5.19. The highest BCUT2D eigenvalue weighted by atomic mass is 16.1. The normalized spacial score (nSPS) is 14.9. The molecule has 0 radical (unpaired) electrons. The third-order valence-corrected chi connectivity index (χ3v) is 3.13. The number of allylic oxidation sites excluding steroid dienone is 2. The molecule has 0 fully saturated rings. The minimum absolute atomic E-state index is 0.764. The molecule has 0 aromatic heterocycles. The van der Waals surface area contributed by atoms with Crippen molar-refractivity contribution in [1.29, 1.82) is 0 Å². The predicted octanol–water partition coefficient (Wildman–Crippen LogP) is 6.57. The second kappa shape index (κ2) is 15.8. The minimum atomic E-state index is 0.764. The standard InChI is InChI=1S/C14H18.C3H8.C2H2O.C2H6/c1-11-8-9-14(12(2)10-11)13-6-4-3-5-7-13;1-3-2;1-2-3;1-2/h3-4,8-10,13H,5-7H2,1-2H3;3H2,1-2H3;1H2;1-2H3. The minimum Gasteiger partial charge on any atom is -0.234 e. The van der Waals surface area contributed by atoms with Crippen LogP contribution in [0.15, 0.2) is 36.9 Å². The van der Waals surface area contributed by atoms with Crippen molar-refractivity contribution in [2.24, 2.45) is 0 Å². The molecule has 124 valence electrons. The fourth-order valence-corrected chi connectivity index (χ4v) is 2.36. The van der Waals surface area contributed by atoms with Crippen molar-refractivity contribution in [3.8, 4) is 0 Å². The van der Waals surface area contributed by atoms with Gasteiger partial charge in [0.1, 0.15) is 5.94 Å². The molecule has 1 aromatic rings. The molecule has 1 aromatic carbocycles. The van der Waals surface area contributed by atoms with Gasteiger partial charge >= 0.3 is 0 Å². The van der Waals surface area contributed by atoms with Gasteiger partial charge in [0.05, 0.1) is 0 Å². The van der Waals surface area contributed by atoms with Crippen molar-refractivity contribution >= 4 is 5.94 Å². The molecule has 0 saturated carbocycles. The molecule has 1 aliphatic carbocycles. The summed E-state index contributed by atoms with van der Waals surface area (Å²) >= 11 is 0. The van der Waals surface area contributed by atoms with Gasteiger partial charge in [-0.05, 0) is 56.7 Å². The second-order valence-electron chi connectivity index (χ2n) is 5.19. The van der Waals surface area contributed by atoms with Gasteiger partial charge in [0.15, 0.2) is 0 Å². The number of aryl methyl sites for hydroxylation is 2. The van der Waals surface area contributed by atoms with E-state index in [2.05, 4.69) is 64.6 Å². The molecule has 1 nitrogen and oxygen atoms in total. The zero-order chi connectivity index (χ0) is 17.4. The molecule has 2 rings (SSSR count). The molecule has 1 atom stereocenters. The van der Waals surface area contributed by atoms with Crippen LogP contribution in [-0.2, 0) is 4.79 Å². The molecule has 1 aliphatic rings. The van der Waals surface area contributed by atoms with E-state index in [-0.39, 0.29) is 0 Å². The van der Waals surface area contributed by atoms with Gasteiger partial charge in [0, 0.05) is 0 Å². The fourth-order valence-electron chi connectivity index (χ4n) is 2.36. The van der Waals surface area contributed by atoms with Crippen molar-refractivity contribution in [3.05, 3.63) is 53.6 Å². The van der Waals surface area contributed by atoms with Crippen LogP contribution in [0.5, 0.6) is 0 Å². The lowest BCUT2D eigenvalue weighted by Crippen LogP contribution is -2.03. The average Bonchev–Trinajstić information content (AvgIpc) is 2.52. The molecule has 0 amide bonds. The van der Waals surface area contributed by atoms with Crippen LogP contribution in [0, 0.1) is 13.8 Å². The number of hydrogen-bond donors (Lipinski definition) is 0. The van der Waals surface area contributed by atoms with E-state index in [1.165, 1.54) is 42.8 Å². The maximum absolute atomic E-state index is 8.57. The van der Waals surface area contributed by atoms with Crippen LogP contribution < -0.4 is 0 Å². The third-order valence-electron chi connectivity index (χ3n) is 3.13. The Morgan fingerprint density at radius 1 is 1.18 bits per heavy atom. The topological polar surface area (TPSA) is 17.1 Å². The lowest BCUT2D eigenvalue weighted by atomic mass is 9.85. The molecule has 0 heterocycles. The summed E-state index contributed by atoms with van der Waals surface area (Å²) in [5.41, 5.74) is 4.39. The van der Waals surface area contributed by atoms with Gasteiger partial charge in [-0.2, -0.15) is 0 Å². The third kappa shape index (κ3) is 10.2. The highest BCUT2D eigenvalue weighted by molar-refractivity contribution is 5.38. The molecular weight excluding hydrogens is 268 g/mol. The Kier molecular flexibility index (Phi) is 16.3. The van der Waals surface area contributed by atoms with Gasteiger partial charge in [-0.1, -0.05) is 70.0 Å². The van der Waals surface area contributed by atoms with E-state index in [0.29, 0.717) is 0 Å². The van der Waals surface area contributed by atoms with Crippen molar-refractivity contribution in [3.63, 3.8) is 0 Å². The van der Waals surface area contributed by atoms with Crippen molar-refractivity contribution in [2.75, 3.05) is 0 Å². The molecule has 1 heteroatoms. The summed E-state index contributed by atoms with van der Waals surface area (Å²) in [4.78, 5) is 8.57. The van der Waals surface area contributed by atoms with E-state index >= 15 is 0 Å². The predicted molar refractivity (Wildman–Crippen MR) is 100 cm³/mol. The lowest BCUT2D eigenvalue weighted by molar-refractivity contribution is 0.569. The fraction of sp³-hybridized carbons (Fsp3) is 0.524. The van der Waals surface area contributed by atoms with Crippen molar-refractivity contribution in [1.82, 2.24) is 0 Å².